The number of rotatable bonds is 5. The van der Waals surface area contributed by atoms with Gasteiger partial charge in [-0.05, 0) is 22.3 Å². The average molecular weight is 254 g/mol. The summed E-state index contributed by atoms with van der Waals surface area (Å²) in [5, 5.41) is 20.7. The van der Waals surface area contributed by atoms with E-state index in [-0.39, 0.29) is 11.3 Å². The number of nitrogens with zero attached hydrogens (tertiary/aromatic N) is 4. The first-order valence-corrected chi connectivity index (χ1v) is 6.19. The van der Waals surface area contributed by atoms with Crippen LogP contribution in [-0.2, 0) is 11.3 Å². The third-order valence-electron chi connectivity index (χ3n) is 2.68. The molecule has 0 aliphatic carbocycles. The molecule has 0 aliphatic heterocycles. The largest absolute Gasteiger partial charge is 0.481 e. The zero-order chi connectivity index (χ0) is 13.9. The molecule has 1 aromatic rings. The topological polar surface area (TPSA) is 80.9 Å². The molecular weight excluding hydrogens is 232 g/mol. The van der Waals surface area contributed by atoms with Gasteiger partial charge in [0.1, 0.15) is 0 Å². The zero-order valence-electron chi connectivity index (χ0n) is 11.7. The van der Waals surface area contributed by atoms with E-state index in [1.165, 1.54) is 0 Å². The fraction of sp³-hybridized carbons (Fsp3) is 0.833. The Morgan fingerprint density at radius 3 is 2.44 bits per heavy atom. The Morgan fingerprint density at radius 1 is 1.39 bits per heavy atom. The van der Waals surface area contributed by atoms with Crippen LogP contribution in [-0.4, -0.2) is 31.3 Å². The molecule has 102 valence electrons. The van der Waals surface area contributed by atoms with Crippen LogP contribution in [0.5, 0.6) is 0 Å². The van der Waals surface area contributed by atoms with Gasteiger partial charge < -0.3 is 5.11 Å². The molecule has 0 aromatic carbocycles. The standard InChI is InChI=1S/C12H22N4O2/c1-8(2)10-13-14-15-16(10)7-9(11(17)18)6-12(3,4)5/h8-9H,6-7H2,1-5H3,(H,17,18). The van der Waals surface area contributed by atoms with Crippen LogP contribution in [0.1, 0.15) is 52.8 Å². The maximum atomic E-state index is 11.3. The summed E-state index contributed by atoms with van der Waals surface area (Å²) >= 11 is 0. The van der Waals surface area contributed by atoms with Crippen LogP contribution in [0.4, 0.5) is 0 Å². The van der Waals surface area contributed by atoms with Crippen molar-refractivity contribution in [2.24, 2.45) is 11.3 Å². The summed E-state index contributed by atoms with van der Waals surface area (Å²) in [7, 11) is 0. The van der Waals surface area contributed by atoms with Crippen LogP contribution in [0.15, 0.2) is 0 Å². The molecule has 1 unspecified atom stereocenters. The fourth-order valence-electron chi connectivity index (χ4n) is 1.93. The van der Waals surface area contributed by atoms with E-state index >= 15 is 0 Å². The minimum atomic E-state index is -0.796. The highest BCUT2D eigenvalue weighted by atomic mass is 16.4. The second-order valence-corrected chi connectivity index (χ2v) is 6.17. The Balaban J connectivity index is 2.84. The highest BCUT2D eigenvalue weighted by Crippen LogP contribution is 2.26. The zero-order valence-corrected chi connectivity index (χ0v) is 11.7. The number of aromatic nitrogens is 4. The molecule has 0 bridgehead atoms. The van der Waals surface area contributed by atoms with E-state index in [1.807, 2.05) is 34.6 Å². The molecule has 0 radical (unpaired) electrons. The lowest BCUT2D eigenvalue weighted by Crippen LogP contribution is -2.26. The molecular formula is C12H22N4O2. The number of hydrogen-bond acceptors (Lipinski definition) is 4. The van der Waals surface area contributed by atoms with Gasteiger partial charge in [-0.1, -0.05) is 34.6 Å². The Bertz CT molecular complexity index is 406. The van der Waals surface area contributed by atoms with Gasteiger partial charge in [-0.25, -0.2) is 4.68 Å². The lowest BCUT2D eigenvalue weighted by Gasteiger charge is -2.23. The molecule has 0 saturated carbocycles. The lowest BCUT2D eigenvalue weighted by atomic mass is 9.84. The van der Waals surface area contributed by atoms with Gasteiger partial charge in [-0.3, -0.25) is 4.79 Å². The Hall–Kier alpha value is -1.46. The van der Waals surface area contributed by atoms with E-state index in [2.05, 4.69) is 15.5 Å². The summed E-state index contributed by atoms with van der Waals surface area (Å²) in [6, 6.07) is 0. The predicted molar refractivity (Wildman–Crippen MR) is 67.1 cm³/mol. The lowest BCUT2D eigenvalue weighted by molar-refractivity contribution is -0.143. The summed E-state index contributed by atoms with van der Waals surface area (Å²) in [6.07, 6.45) is 0.597. The Kier molecular flexibility index (Phi) is 4.43. The second-order valence-electron chi connectivity index (χ2n) is 6.17. The highest BCUT2D eigenvalue weighted by molar-refractivity contribution is 5.69. The van der Waals surface area contributed by atoms with Crippen LogP contribution in [0.3, 0.4) is 0 Å². The monoisotopic (exact) mass is 254 g/mol. The molecule has 0 saturated heterocycles. The van der Waals surface area contributed by atoms with Crippen LogP contribution >= 0.6 is 0 Å². The maximum Gasteiger partial charge on any atom is 0.308 e. The Labute approximate surface area is 107 Å². The first kappa shape index (κ1) is 14.6. The molecule has 18 heavy (non-hydrogen) atoms. The van der Waals surface area contributed by atoms with Crippen molar-refractivity contribution < 1.29 is 9.90 Å². The summed E-state index contributed by atoms with van der Waals surface area (Å²) in [4.78, 5) is 11.3. The van der Waals surface area contributed by atoms with Crippen LogP contribution in [0.25, 0.3) is 0 Å². The number of carbonyl (C=O) groups is 1. The quantitative estimate of drug-likeness (QED) is 0.868. The molecule has 1 heterocycles. The maximum absolute atomic E-state index is 11.3. The van der Waals surface area contributed by atoms with E-state index in [4.69, 9.17) is 0 Å². The van der Waals surface area contributed by atoms with Crippen molar-refractivity contribution in [1.29, 1.82) is 0 Å². The molecule has 0 spiro atoms. The molecule has 1 aromatic heterocycles. The molecule has 6 nitrogen and oxygen atoms in total. The van der Waals surface area contributed by atoms with Crippen molar-refractivity contribution in [2.75, 3.05) is 0 Å². The summed E-state index contributed by atoms with van der Waals surface area (Å²) < 4.78 is 1.61. The molecule has 0 fully saturated rings. The van der Waals surface area contributed by atoms with E-state index < -0.39 is 11.9 Å². The number of carboxylic acids is 1. The number of hydrogen-bond donors (Lipinski definition) is 1. The number of aliphatic carboxylic acids is 1. The average Bonchev–Trinajstić information content (AvgIpc) is 2.62. The third-order valence-corrected chi connectivity index (χ3v) is 2.68. The first-order chi connectivity index (χ1) is 8.20. The van der Waals surface area contributed by atoms with Gasteiger partial charge in [0.05, 0.1) is 12.5 Å². The summed E-state index contributed by atoms with van der Waals surface area (Å²) in [5.41, 5.74) is -0.0327. The van der Waals surface area contributed by atoms with Crippen molar-refractivity contribution >= 4 is 5.97 Å². The van der Waals surface area contributed by atoms with Crippen LogP contribution in [0, 0.1) is 11.3 Å². The van der Waals surface area contributed by atoms with Gasteiger partial charge in [0.15, 0.2) is 5.82 Å². The van der Waals surface area contributed by atoms with Gasteiger partial charge in [-0.2, -0.15) is 0 Å². The van der Waals surface area contributed by atoms with Crippen molar-refractivity contribution in [1.82, 2.24) is 20.2 Å². The summed E-state index contributed by atoms with van der Waals surface area (Å²) in [6.45, 7) is 10.4. The third kappa shape index (κ3) is 4.09. The van der Waals surface area contributed by atoms with E-state index in [9.17, 15) is 9.90 Å². The van der Waals surface area contributed by atoms with Crippen molar-refractivity contribution in [3.05, 3.63) is 5.82 Å². The molecule has 0 aliphatic rings. The molecule has 0 amide bonds. The van der Waals surface area contributed by atoms with Crippen molar-refractivity contribution in [2.45, 2.75) is 53.5 Å². The van der Waals surface area contributed by atoms with Crippen molar-refractivity contribution in [3.8, 4) is 0 Å². The van der Waals surface area contributed by atoms with E-state index in [1.54, 1.807) is 4.68 Å². The highest BCUT2D eigenvalue weighted by Gasteiger charge is 2.26. The molecule has 1 N–H and O–H groups in total. The van der Waals surface area contributed by atoms with Crippen LogP contribution < -0.4 is 0 Å². The van der Waals surface area contributed by atoms with Gasteiger partial charge in [0.25, 0.3) is 0 Å². The van der Waals surface area contributed by atoms with Crippen LogP contribution in [0.2, 0.25) is 0 Å². The van der Waals surface area contributed by atoms with Gasteiger partial charge in [0, 0.05) is 5.92 Å². The van der Waals surface area contributed by atoms with E-state index in [0.717, 1.165) is 5.82 Å². The summed E-state index contributed by atoms with van der Waals surface area (Å²) in [5.74, 6) is -0.347. The predicted octanol–water partition coefficient (Wildman–Crippen LogP) is 1.93. The fourth-order valence-corrected chi connectivity index (χ4v) is 1.93. The molecule has 1 rings (SSSR count). The van der Waals surface area contributed by atoms with Gasteiger partial charge in [0.2, 0.25) is 0 Å². The normalized spacial score (nSPS) is 13.9. The minimum Gasteiger partial charge on any atom is -0.481 e. The number of carboxylic acid groups (broad SMARTS) is 1. The van der Waals surface area contributed by atoms with E-state index in [0.29, 0.717) is 13.0 Å². The minimum absolute atomic E-state index is 0.0327. The van der Waals surface area contributed by atoms with Gasteiger partial charge in [-0.15, -0.1) is 5.10 Å². The molecule has 6 heteroatoms. The van der Waals surface area contributed by atoms with Gasteiger partial charge >= 0.3 is 5.97 Å². The number of tetrazole rings is 1. The Morgan fingerprint density at radius 2 is 2.00 bits per heavy atom. The molecule has 1 atom stereocenters. The van der Waals surface area contributed by atoms with Crippen molar-refractivity contribution in [3.63, 3.8) is 0 Å². The SMILES string of the molecule is CC(C)c1nnnn1CC(CC(C)(C)C)C(=O)O. The first-order valence-electron chi connectivity index (χ1n) is 6.19. The second kappa shape index (κ2) is 5.46. The smallest absolute Gasteiger partial charge is 0.308 e.